The van der Waals surface area contributed by atoms with Crippen LogP contribution in [0.3, 0.4) is 0 Å². The summed E-state index contributed by atoms with van der Waals surface area (Å²) in [5, 5.41) is 44.6. The molecule has 0 radical (unpaired) electrons. The van der Waals surface area contributed by atoms with Crippen LogP contribution >= 0.6 is 24.4 Å². The topological polar surface area (TPSA) is 269 Å². The Kier molecular flexibility index (Phi) is 12.2. The summed E-state index contributed by atoms with van der Waals surface area (Å²) < 4.78 is 80.6. The van der Waals surface area contributed by atoms with E-state index in [0.717, 1.165) is 25.1 Å². The molecule has 234 valence electrons. The van der Waals surface area contributed by atoms with Crippen molar-refractivity contribution in [3.05, 3.63) is 42.0 Å². The van der Waals surface area contributed by atoms with E-state index in [9.17, 15) is 35.8 Å². The molecular weight excluding hydrogens is 663 g/mol. The molecule has 0 heterocycles. The van der Waals surface area contributed by atoms with E-state index in [1.54, 1.807) is 0 Å². The van der Waals surface area contributed by atoms with E-state index in [0.29, 0.717) is 24.3 Å². The maximum Gasteiger partial charge on any atom is 0.296 e. The van der Waals surface area contributed by atoms with Crippen LogP contribution in [-0.2, 0) is 54.4 Å². The fraction of sp³-hybridized carbons (Fsp3) is 0.190. The highest BCUT2D eigenvalue weighted by molar-refractivity contribution is 7.94. The predicted molar refractivity (Wildman–Crippen MR) is 147 cm³/mol. The molecule has 0 aliphatic rings. The number of carbonyl (C=O) groups is 1. The molecule has 0 aromatic heterocycles. The van der Waals surface area contributed by atoms with Crippen molar-refractivity contribution < 1.29 is 69.3 Å². The third-order valence-electron chi connectivity index (χ3n) is 5.25. The molecule has 1 amide bonds. The molecule has 6 N–H and O–H groups in total. The number of azo groups is 1. The molecule has 0 unspecified atom stereocenters. The number of aromatic hydroxyl groups is 1. The lowest BCUT2D eigenvalue weighted by Gasteiger charge is -2.14. The highest BCUT2D eigenvalue weighted by atomic mass is 32.2. The van der Waals surface area contributed by atoms with Crippen molar-refractivity contribution in [1.29, 1.82) is 0 Å². The first-order valence-electron chi connectivity index (χ1n) is 11.3. The zero-order valence-electron chi connectivity index (χ0n) is 21.4. The van der Waals surface area contributed by atoms with Gasteiger partial charge in [-0.3, -0.25) is 18.1 Å². The van der Waals surface area contributed by atoms with E-state index in [1.807, 2.05) is 0 Å². The van der Waals surface area contributed by atoms with Gasteiger partial charge < -0.3 is 10.4 Å². The van der Waals surface area contributed by atoms with Gasteiger partial charge in [-0.2, -0.15) is 16.8 Å². The molecule has 3 aromatic rings. The summed E-state index contributed by atoms with van der Waals surface area (Å²) in [7, 11) is -9.61. The molecule has 0 saturated heterocycles. The summed E-state index contributed by atoms with van der Waals surface area (Å²) >= 11 is 0.644. The number of hydrogen-bond acceptors (Lipinski definition) is 17. The third-order valence-corrected chi connectivity index (χ3v) is 7.96. The molecule has 0 aliphatic heterocycles. The Morgan fingerprint density at radius 1 is 0.977 bits per heavy atom. The van der Waals surface area contributed by atoms with Crippen molar-refractivity contribution in [2.75, 3.05) is 11.9 Å². The van der Waals surface area contributed by atoms with Crippen LogP contribution in [0.1, 0.15) is 18.9 Å². The second kappa shape index (κ2) is 15.2. The van der Waals surface area contributed by atoms with E-state index in [1.165, 1.54) is 18.2 Å². The molecule has 0 atom stereocenters. The predicted octanol–water partition coefficient (Wildman–Crippen LogP) is 4.77. The molecular formula is C21H21N3O15S4. The van der Waals surface area contributed by atoms with Gasteiger partial charge in [-0.05, 0) is 54.1 Å². The molecule has 18 nitrogen and oxygen atoms in total. The molecule has 0 aliphatic carbocycles. The van der Waals surface area contributed by atoms with Crippen molar-refractivity contribution in [1.82, 2.24) is 0 Å². The van der Waals surface area contributed by atoms with Crippen molar-refractivity contribution in [2.45, 2.75) is 34.5 Å². The van der Waals surface area contributed by atoms with E-state index < -0.39 is 47.4 Å². The largest absolute Gasteiger partial charge is 0.505 e. The third kappa shape index (κ3) is 9.51. The summed E-state index contributed by atoms with van der Waals surface area (Å²) in [6, 6.07) is 6.86. The Bertz CT molecular complexity index is 1730. The number of aryl methyl sites for hydroxylation is 1. The van der Waals surface area contributed by atoms with Crippen molar-refractivity contribution >= 4 is 78.3 Å². The molecule has 0 saturated carbocycles. The van der Waals surface area contributed by atoms with Gasteiger partial charge in [0.15, 0.2) is 18.1 Å². The molecule has 3 aromatic carbocycles. The minimum absolute atomic E-state index is 0.0554. The number of fused-ring (bicyclic) bond motifs is 1. The van der Waals surface area contributed by atoms with Gasteiger partial charge in [-0.1, -0.05) is 16.1 Å². The van der Waals surface area contributed by atoms with Gasteiger partial charge in [0.2, 0.25) is 5.91 Å². The first-order chi connectivity index (χ1) is 20.3. The first kappa shape index (κ1) is 34.5. The molecule has 0 fully saturated rings. The van der Waals surface area contributed by atoms with Gasteiger partial charge in [0.1, 0.15) is 16.3 Å². The van der Waals surface area contributed by atoms with Crippen LogP contribution in [0.15, 0.2) is 61.3 Å². The smallest absolute Gasteiger partial charge is 0.296 e. The van der Waals surface area contributed by atoms with Gasteiger partial charge >= 0.3 is 0 Å². The number of carbonyl (C=O) groups excluding carboxylic acids is 1. The first-order valence-corrected chi connectivity index (χ1v) is 15.6. The van der Waals surface area contributed by atoms with Crippen molar-refractivity contribution in [2.24, 2.45) is 10.2 Å². The Hall–Kier alpha value is -2.97. The zero-order valence-corrected chi connectivity index (χ0v) is 24.7. The van der Waals surface area contributed by atoms with E-state index in [-0.39, 0.29) is 52.1 Å². The summed E-state index contributed by atoms with van der Waals surface area (Å²) in [5.74, 6) is -1.38. The average molecular weight is 684 g/mol. The maximum absolute atomic E-state index is 12.1. The van der Waals surface area contributed by atoms with Crippen molar-refractivity contribution in [3.63, 3.8) is 0 Å². The van der Waals surface area contributed by atoms with E-state index in [4.69, 9.17) is 14.7 Å². The summed E-state index contributed by atoms with van der Waals surface area (Å²) in [5.41, 5.74) is -0.574. The lowest BCUT2D eigenvalue weighted by atomic mass is 10.1. The van der Waals surface area contributed by atoms with Crippen molar-refractivity contribution in [3.8, 4) is 5.75 Å². The summed E-state index contributed by atoms with van der Waals surface area (Å²) in [4.78, 5) is 10.4. The Morgan fingerprint density at radius 3 is 2.33 bits per heavy atom. The number of nitrogens with zero attached hydrogens (tertiary/aromatic N) is 2. The Balaban J connectivity index is 2.11. The number of nitrogens with one attached hydrogen (secondary N) is 1. The number of rotatable bonds is 15. The standard InChI is InChI=1S/C21H21N3O15S4/c1-11(25)22-16-10-14(42(29,30)31)8-13-9-17(40-38-36-27)20(21(26)19(13)16)24-23-15-5-4-12(7-18(15)43(32,33)34)3-2-6-35-41-39-37-28/h4-5,7-10,26-28H,2-3,6H2,1H3,(H,22,25)(H,29,30,31)(H,32,33,34). The second-order valence-electron chi connectivity index (χ2n) is 8.14. The van der Waals surface area contributed by atoms with Crippen LogP contribution in [0.5, 0.6) is 5.75 Å². The van der Waals surface area contributed by atoms with Gasteiger partial charge in [-0.15, -0.1) is 18.9 Å². The molecule has 0 spiro atoms. The Morgan fingerprint density at radius 2 is 1.70 bits per heavy atom. The zero-order chi connectivity index (χ0) is 31.8. The number of phenolic OH excluding ortho intramolecular Hbond substituents is 1. The van der Waals surface area contributed by atoms with Gasteiger partial charge in [-0.25, -0.2) is 10.5 Å². The van der Waals surface area contributed by atoms with Crippen LogP contribution in [-0.4, -0.2) is 54.1 Å². The lowest BCUT2D eigenvalue weighted by molar-refractivity contribution is -0.434. The molecule has 0 bridgehead atoms. The number of hydrogen-bond donors (Lipinski definition) is 6. The number of phenols is 1. The van der Waals surface area contributed by atoms with Crippen LogP contribution in [0.25, 0.3) is 10.8 Å². The lowest BCUT2D eigenvalue weighted by Crippen LogP contribution is -2.08. The SMILES string of the molecule is CC(=O)Nc1cc(S(=O)(=O)O)cc2cc(SOOO)c(N=Nc3ccc(CCCOSOOO)cc3S(=O)(=O)O)c(O)c12. The monoisotopic (exact) mass is 683 g/mol. The fourth-order valence-corrected chi connectivity index (χ4v) is 5.58. The quantitative estimate of drug-likeness (QED) is 0.0314. The van der Waals surface area contributed by atoms with Gasteiger partial charge in [0.25, 0.3) is 20.2 Å². The summed E-state index contributed by atoms with van der Waals surface area (Å²) in [6.07, 6.45) is 0.644. The van der Waals surface area contributed by atoms with Gasteiger partial charge in [0, 0.05) is 12.3 Å². The van der Waals surface area contributed by atoms with Crippen LogP contribution < -0.4 is 5.32 Å². The van der Waals surface area contributed by atoms with Crippen LogP contribution in [0, 0.1) is 0 Å². The highest BCUT2D eigenvalue weighted by Crippen LogP contribution is 2.47. The maximum atomic E-state index is 12.1. The number of benzene rings is 3. The van der Waals surface area contributed by atoms with E-state index >= 15 is 0 Å². The normalized spacial score (nSPS) is 12.3. The van der Waals surface area contributed by atoms with Crippen LogP contribution in [0.4, 0.5) is 17.1 Å². The average Bonchev–Trinajstić information content (AvgIpc) is 2.92. The molecule has 22 heteroatoms. The number of anilines is 1. The van der Waals surface area contributed by atoms with Gasteiger partial charge in [0.05, 0.1) is 34.1 Å². The number of amides is 1. The van der Waals surface area contributed by atoms with Crippen LogP contribution in [0.2, 0.25) is 0 Å². The second-order valence-corrected chi connectivity index (χ2v) is 12.2. The molecule has 3 rings (SSSR count). The summed E-state index contributed by atoms with van der Waals surface area (Å²) in [6.45, 7) is 1.22. The highest BCUT2D eigenvalue weighted by Gasteiger charge is 2.23. The minimum Gasteiger partial charge on any atom is -0.505 e. The fourth-order valence-electron chi connectivity index (χ4n) is 3.62. The Labute approximate surface area is 251 Å². The minimum atomic E-state index is -4.84. The van der Waals surface area contributed by atoms with E-state index in [2.05, 4.69) is 34.3 Å². The molecule has 43 heavy (non-hydrogen) atoms.